The third-order valence-corrected chi connectivity index (χ3v) is 4.07. The van der Waals surface area contributed by atoms with Gasteiger partial charge in [0.25, 0.3) is 5.56 Å². The average Bonchev–Trinajstić information content (AvgIpc) is 2.56. The summed E-state index contributed by atoms with van der Waals surface area (Å²) in [6.45, 7) is 4.43. The summed E-state index contributed by atoms with van der Waals surface area (Å²) in [6, 6.07) is 7.44. The number of carbonyl (C=O) groups is 1. The molecule has 7 heteroatoms. The molecule has 0 radical (unpaired) electrons. The number of morpholine rings is 1. The van der Waals surface area contributed by atoms with Crippen LogP contribution in [0.2, 0.25) is 0 Å². The van der Waals surface area contributed by atoms with Gasteiger partial charge in [-0.3, -0.25) is 14.5 Å². The number of aromatic amines is 1. The number of amides is 1. The molecule has 128 valence electrons. The van der Waals surface area contributed by atoms with Crippen molar-refractivity contribution in [2.24, 2.45) is 5.73 Å². The minimum Gasteiger partial charge on any atom is -0.494 e. The van der Waals surface area contributed by atoms with Crippen LogP contribution in [0.5, 0.6) is 5.75 Å². The third kappa shape index (κ3) is 3.58. The molecule has 1 saturated heterocycles. The number of nitrogens with two attached hydrogens (primary N) is 1. The molecule has 0 aliphatic carbocycles. The monoisotopic (exact) mass is 331 g/mol. The van der Waals surface area contributed by atoms with Crippen LogP contribution in [0, 0.1) is 0 Å². The molecule has 1 aliphatic heterocycles. The van der Waals surface area contributed by atoms with E-state index < -0.39 is 12.0 Å². The predicted molar refractivity (Wildman–Crippen MR) is 89.9 cm³/mol. The van der Waals surface area contributed by atoms with Crippen molar-refractivity contribution in [2.45, 2.75) is 19.6 Å². The number of primary amides is 1. The van der Waals surface area contributed by atoms with Gasteiger partial charge in [0.15, 0.2) is 0 Å². The minimum absolute atomic E-state index is 0.131. The lowest BCUT2D eigenvalue weighted by atomic mass is 10.1. The fraction of sp³-hybridized carbons (Fsp3) is 0.412. The SMILES string of the molecule is CCOc1ccc2[nH]c(=O)c(CN3CCOC(C(N)=O)C3)cc2c1. The Hall–Kier alpha value is -2.38. The number of H-pyrrole nitrogens is 1. The van der Waals surface area contributed by atoms with Crippen molar-refractivity contribution in [3.05, 3.63) is 40.2 Å². The molecule has 2 aromatic rings. The van der Waals surface area contributed by atoms with Gasteiger partial charge in [0, 0.05) is 36.1 Å². The number of benzene rings is 1. The second-order valence-electron chi connectivity index (χ2n) is 5.80. The van der Waals surface area contributed by atoms with Crippen LogP contribution in [-0.4, -0.2) is 48.2 Å². The smallest absolute Gasteiger partial charge is 0.252 e. The van der Waals surface area contributed by atoms with E-state index in [0.29, 0.717) is 38.4 Å². The van der Waals surface area contributed by atoms with E-state index in [1.165, 1.54) is 0 Å². The zero-order valence-electron chi connectivity index (χ0n) is 13.6. The van der Waals surface area contributed by atoms with Gasteiger partial charge >= 0.3 is 0 Å². The van der Waals surface area contributed by atoms with Crippen molar-refractivity contribution >= 4 is 16.8 Å². The molecule has 1 atom stereocenters. The Morgan fingerprint density at radius 1 is 1.46 bits per heavy atom. The van der Waals surface area contributed by atoms with Crippen molar-refractivity contribution in [1.29, 1.82) is 0 Å². The summed E-state index contributed by atoms with van der Waals surface area (Å²) in [7, 11) is 0. The van der Waals surface area contributed by atoms with E-state index in [9.17, 15) is 9.59 Å². The standard InChI is InChI=1S/C17H21N3O4/c1-2-23-13-3-4-14-11(8-13)7-12(17(22)19-14)9-20-5-6-24-15(10-20)16(18)21/h3-4,7-8,15H,2,5-6,9-10H2,1H3,(H2,18,21)(H,19,22). The van der Waals surface area contributed by atoms with Gasteiger partial charge in [-0.1, -0.05) is 0 Å². The van der Waals surface area contributed by atoms with Crippen molar-refractivity contribution in [3.63, 3.8) is 0 Å². The number of fused-ring (bicyclic) bond motifs is 1. The van der Waals surface area contributed by atoms with Crippen LogP contribution in [0.1, 0.15) is 12.5 Å². The van der Waals surface area contributed by atoms with E-state index in [4.69, 9.17) is 15.2 Å². The molecular formula is C17H21N3O4. The lowest BCUT2D eigenvalue weighted by Gasteiger charge is -2.31. The van der Waals surface area contributed by atoms with E-state index >= 15 is 0 Å². The highest BCUT2D eigenvalue weighted by Gasteiger charge is 2.25. The Balaban J connectivity index is 1.84. The largest absolute Gasteiger partial charge is 0.494 e. The number of aromatic nitrogens is 1. The van der Waals surface area contributed by atoms with Gasteiger partial charge in [0.2, 0.25) is 5.91 Å². The maximum absolute atomic E-state index is 12.3. The van der Waals surface area contributed by atoms with E-state index in [1.54, 1.807) is 0 Å². The molecule has 7 nitrogen and oxygen atoms in total. The zero-order valence-corrected chi connectivity index (χ0v) is 13.6. The summed E-state index contributed by atoms with van der Waals surface area (Å²) in [5, 5.41) is 0.912. The Morgan fingerprint density at radius 2 is 2.29 bits per heavy atom. The molecule has 1 aromatic heterocycles. The van der Waals surface area contributed by atoms with Crippen LogP contribution < -0.4 is 16.0 Å². The maximum Gasteiger partial charge on any atom is 0.252 e. The highest BCUT2D eigenvalue weighted by Crippen LogP contribution is 2.20. The summed E-state index contributed by atoms with van der Waals surface area (Å²) < 4.78 is 10.8. The Labute approximate surface area is 139 Å². The molecular weight excluding hydrogens is 310 g/mol. The van der Waals surface area contributed by atoms with Gasteiger partial charge < -0.3 is 20.2 Å². The van der Waals surface area contributed by atoms with Crippen LogP contribution in [0.25, 0.3) is 10.9 Å². The van der Waals surface area contributed by atoms with E-state index in [0.717, 1.165) is 16.7 Å². The highest BCUT2D eigenvalue weighted by atomic mass is 16.5. The summed E-state index contributed by atoms with van der Waals surface area (Å²) in [5.74, 6) is 0.289. The number of ether oxygens (including phenoxy) is 2. The number of pyridine rings is 1. The molecule has 1 fully saturated rings. The van der Waals surface area contributed by atoms with Crippen molar-refractivity contribution in [2.75, 3.05) is 26.3 Å². The van der Waals surface area contributed by atoms with Crippen LogP contribution >= 0.6 is 0 Å². The molecule has 0 bridgehead atoms. The second-order valence-corrected chi connectivity index (χ2v) is 5.80. The summed E-state index contributed by atoms with van der Waals surface area (Å²) in [5.41, 5.74) is 6.58. The Kier molecular flexibility index (Phi) is 4.82. The third-order valence-electron chi connectivity index (χ3n) is 4.07. The van der Waals surface area contributed by atoms with Gasteiger partial charge in [-0.15, -0.1) is 0 Å². The Bertz CT molecular complexity index is 802. The number of nitrogens with one attached hydrogen (secondary N) is 1. The van der Waals surface area contributed by atoms with Crippen LogP contribution in [0.3, 0.4) is 0 Å². The topological polar surface area (TPSA) is 97.7 Å². The van der Waals surface area contributed by atoms with Crippen LogP contribution in [0.15, 0.2) is 29.1 Å². The van der Waals surface area contributed by atoms with E-state index in [2.05, 4.69) is 4.98 Å². The van der Waals surface area contributed by atoms with Gasteiger partial charge in [-0.25, -0.2) is 0 Å². The maximum atomic E-state index is 12.3. The molecule has 2 heterocycles. The number of nitrogens with zero attached hydrogens (tertiary/aromatic N) is 1. The molecule has 3 N–H and O–H groups in total. The zero-order chi connectivity index (χ0) is 17.1. The summed E-state index contributed by atoms with van der Waals surface area (Å²) in [4.78, 5) is 28.5. The minimum atomic E-state index is -0.622. The van der Waals surface area contributed by atoms with Gasteiger partial charge in [0.1, 0.15) is 11.9 Å². The van der Waals surface area contributed by atoms with Gasteiger partial charge in [-0.05, 0) is 31.2 Å². The van der Waals surface area contributed by atoms with Crippen LogP contribution in [-0.2, 0) is 16.1 Å². The van der Waals surface area contributed by atoms with Gasteiger partial charge in [-0.2, -0.15) is 0 Å². The predicted octanol–water partition coefficient (Wildman–Crippen LogP) is 0.613. The molecule has 0 spiro atoms. The lowest BCUT2D eigenvalue weighted by molar-refractivity contribution is -0.135. The van der Waals surface area contributed by atoms with Crippen molar-refractivity contribution < 1.29 is 14.3 Å². The quantitative estimate of drug-likeness (QED) is 0.837. The van der Waals surface area contributed by atoms with Gasteiger partial charge in [0.05, 0.1) is 13.2 Å². The highest BCUT2D eigenvalue weighted by molar-refractivity contribution is 5.80. The lowest BCUT2D eigenvalue weighted by Crippen LogP contribution is -2.48. The number of carbonyl (C=O) groups excluding carboxylic acids is 1. The first-order valence-corrected chi connectivity index (χ1v) is 7.99. The fourth-order valence-electron chi connectivity index (χ4n) is 2.86. The molecule has 1 aromatic carbocycles. The first-order chi connectivity index (χ1) is 11.6. The first-order valence-electron chi connectivity index (χ1n) is 7.99. The summed E-state index contributed by atoms with van der Waals surface area (Å²) in [6.07, 6.45) is -0.622. The normalized spacial score (nSPS) is 18.6. The van der Waals surface area contributed by atoms with Crippen molar-refractivity contribution in [1.82, 2.24) is 9.88 Å². The number of hydrogen-bond donors (Lipinski definition) is 2. The molecule has 3 rings (SSSR count). The second kappa shape index (κ2) is 7.02. The number of hydrogen-bond acceptors (Lipinski definition) is 5. The molecule has 24 heavy (non-hydrogen) atoms. The average molecular weight is 331 g/mol. The number of rotatable bonds is 5. The summed E-state index contributed by atoms with van der Waals surface area (Å²) >= 11 is 0. The molecule has 1 unspecified atom stereocenters. The fourth-order valence-corrected chi connectivity index (χ4v) is 2.86. The molecule has 0 saturated carbocycles. The van der Waals surface area contributed by atoms with E-state index in [1.807, 2.05) is 36.1 Å². The first kappa shape index (κ1) is 16.5. The van der Waals surface area contributed by atoms with Crippen LogP contribution in [0.4, 0.5) is 0 Å². The Morgan fingerprint density at radius 3 is 3.04 bits per heavy atom. The van der Waals surface area contributed by atoms with E-state index in [-0.39, 0.29) is 5.56 Å². The van der Waals surface area contributed by atoms with Crippen molar-refractivity contribution in [3.8, 4) is 5.75 Å². The molecule has 1 amide bonds. The molecule has 1 aliphatic rings.